The summed E-state index contributed by atoms with van der Waals surface area (Å²) in [4.78, 5) is 14.2. The van der Waals surface area contributed by atoms with E-state index >= 15 is 0 Å². The number of aromatic nitrogens is 1. The number of hydrogen-bond acceptors (Lipinski definition) is 4. The normalized spacial score (nSPS) is 12.8. The molecular formula is C17H30N2O3. The van der Waals surface area contributed by atoms with Crippen molar-refractivity contribution in [1.29, 1.82) is 0 Å². The molecule has 22 heavy (non-hydrogen) atoms. The minimum absolute atomic E-state index is 0.119. The Morgan fingerprint density at radius 2 is 1.82 bits per heavy atom. The van der Waals surface area contributed by atoms with Crippen LogP contribution >= 0.6 is 0 Å². The number of aliphatic hydroxyl groups is 1. The lowest BCUT2D eigenvalue weighted by molar-refractivity contribution is 0.237. The van der Waals surface area contributed by atoms with Crippen molar-refractivity contribution < 1.29 is 10.2 Å². The molecule has 1 atom stereocenters. The van der Waals surface area contributed by atoms with Gasteiger partial charge < -0.3 is 14.8 Å². The van der Waals surface area contributed by atoms with Crippen LogP contribution < -0.4 is 5.43 Å². The number of pyridine rings is 1. The second-order valence-corrected chi connectivity index (χ2v) is 5.86. The second-order valence-electron chi connectivity index (χ2n) is 5.86. The zero-order valence-corrected chi connectivity index (χ0v) is 14.3. The number of rotatable bonds is 9. The molecule has 2 N–H and O–H groups in total. The number of aliphatic hydroxyl groups excluding tert-OH is 1. The Kier molecular flexibility index (Phi) is 7.62. The van der Waals surface area contributed by atoms with Gasteiger partial charge in [0.2, 0.25) is 5.43 Å². The van der Waals surface area contributed by atoms with E-state index in [-0.39, 0.29) is 18.4 Å². The summed E-state index contributed by atoms with van der Waals surface area (Å²) in [5.74, 6) is -0.185. The molecule has 0 radical (unpaired) electrons. The van der Waals surface area contributed by atoms with Crippen molar-refractivity contribution in [2.75, 3.05) is 13.1 Å². The van der Waals surface area contributed by atoms with Crippen molar-refractivity contribution in [3.8, 4) is 5.75 Å². The van der Waals surface area contributed by atoms with E-state index in [2.05, 4.69) is 25.7 Å². The van der Waals surface area contributed by atoms with Crippen molar-refractivity contribution >= 4 is 0 Å². The largest absolute Gasteiger partial charge is 0.503 e. The molecule has 0 spiro atoms. The van der Waals surface area contributed by atoms with Crippen molar-refractivity contribution in [1.82, 2.24) is 9.47 Å². The van der Waals surface area contributed by atoms with Gasteiger partial charge in [0.1, 0.15) is 0 Å². The Bertz CT molecular complexity index is 519. The quantitative estimate of drug-likeness (QED) is 0.736. The Morgan fingerprint density at radius 1 is 1.23 bits per heavy atom. The fraction of sp³-hybridized carbons (Fsp3) is 0.706. The number of aromatic hydroxyl groups is 1. The smallest absolute Gasteiger partial charge is 0.223 e. The average Bonchev–Trinajstić information content (AvgIpc) is 2.51. The molecule has 1 unspecified atom stereocenters. The van der Waals surface area contributed by atoms with Gasteiger partial charge in [-0.1, -0.05) is 20.8 Å². The molecule has 0 bridgehead atoms. The van der Waals surface area contributed by atoms with Crippen LogP contribution in [0.15, 0.2) is 10.9 Å². The van der Waals surface area contributed by atoms with Gasteiger partial charge >= 0.3 is 0 Å². The molecule has 0 saturated heterocycles. The summed E-state index contributed by atoms with van der Waals surface area (Å²) in [5.41, 5.74) is 0.777. The third-order valence-electron chi connectivity index (χ3n) is 4.05. The first-order chi connectivity index (χ1) is 10.5. The molecular weight excluding hydrogens is 280 g/mol. The van der Waals surface area contributed by atoms with E-state index in [1.165, 1.54) is 6.07 Å². The van der Waals surface area contributed by atoms with Crippen molar-refractivity contribution in [2.24, 2.45) is 0 Å². The van der Waals surface area contributed by atoms with Crippen LogP contribution in [0.2, 0.25) is 0 Å². The van der Waals surface area contributed by atoms with E-state index in [0.29, 0.717) is 17.9 Å². The fourth-order valence-electron chi connectivity index (χ4n) is 2.84. The molecule has 5 heteroatoms. The zero-order chi connectivity index (χ0) is 16.7. The molecule has 1 aromatic rings. The molecule has 5 nitrogen and oxygen atoms in total. The van der Waals surface area contributed by atoms with E-state index in [9.17, 15) is 15.0 Å². The molecule has 1 aromatic heterocycles. The summed E-state index contributed by atoms with van der Waals surface area (Å²) >= 11 is 0. The van der Waals surface area contributed by atoms with Gasteiger partial charge in [0.05, 0.1) is 12.3 Å². The summed E-state index contributed by atoms with van der Waals surface area (Å²) in [6, 6.07) is 1.46. The van der Waals surface area contributed by atoms with E-state index in [1.807, 2.05) is 11.5 Å². The molecule has 0 aromatic carbocycles. The standard InChI is InChI=1S/C17H30N2O3/c1-5-8-18(9-6-2)11-15-17(22)16(21)10-14(12-20)19(15)13(4)7-3/h10,13,20,22H,5-9,11-12H2,1-4H3. The third-order valence-corrected chi connectivity index (χ3v) is 4.05. The lowest BCUT2D eigenvalue weighted by atomic mass is 10.1. The molecule has 0 amide bonds. The van der Waals surface area contributed by atoms with E-state index in [1.54, 1.807) is 0 Å². The van der Waals surface area contributed by atoms with Crippen molar-refractivity contribution in [3.05, 3.63) is 27.7 Å². The second kappa shape index (κ2) is 8.96. The third kappa shape index (κ3) is 4.34. The first-order valence-corrected chi connectivity index (χ1v) is 8.29. The van der Waals surface area contributed by atoms with Crippen molar-refractivity contribution in [2.45, 2.75) is 66.2 Å². The van der Waals surface area contributed by atoms with E-state index < -0.39 is 5.43 Å². The average molecular weight is 310 g/mol. The first kappa shape index (κ1) is 18.7. The topological polar surface area (TPSA) is 65.7 Å². The molecule has 1 heterocycles. The first-order valence-electron chi connectivity index (χ1n) is 8.29. The Hall–Kier alpha value is -1.33. The molecule has 0 aliphatic rings. The van der Waals surface area contributed by atoms with Crippen molar-refractivity contribution in [3.63, 3.8) is 0 Å². The maximum atomic E-state index is 12.0. The molecule has 126 valence electrons. The summed E-state index contributed by atoms with van der Waals surface area (Å²) in [6.07, 6.45) is 2.91. The maximum absolute atomic E-state index is 12.0. The van der Waals surface area contributed by atoms with Crippen LogP contribution in [-0.2, 0) is 13.2 Å². The minimum atomic E-state index is -0.411. The van der Waals surface area contributed by atoms with Crippen LogP contribution in [0, 0.1) is 0 Å². The van der Waals surface area contributed by atoms with Gasteiger partial charge in [0, 0.05) is 24.3 Å². The van der Waals surface area contributed by atoms with E-state index in [4.69, 9.17) is 0 Å². The summed E-state index contributed by atoms with van der Waals surface area (Å²) in [6.45, 7) is 10.5. The summed E-state index contributed by atoms with van der Waals surface area (Å²) in [7, 11) is 0. The van der Waals surface area contributed by atoms with Gasteiger partial charge in [-0.05, 0) is 39.3 Å². The lowest BCUT2D eigenvalue weighted by Crippen LogP contribution is -2.30. The van der Waals surface area contributed by atoms with Crippen LogP contribution in [0.1, 0.15) is 64.4 Å². The highest BCUT2D eigenvalue weighted by Gasteiger charge is 2.19. The van der Waals surface area contributed by atoms with Gasteiger partial charge in [-0.3, -0.25) is 9.69 Å². The summed E-state index contributed by atoms with van der Waals surface area (Å²) in [5, 5.41) is 19.9. The predicted octanol–water partition coefficient (Wildman–Crippen LogP) is 2.64. The van der Waals surface area contributed by atoms with Gasteiger partial charge in [0.25, 0.3) is 0 Å². The number of hydrogen-bond donors (Lipinski definition) is 2. The molecule has 1 rings (SSSR count). The maximum Gasteiger partial charge on any atom is 0.223 e. The highest BCUT2D eigenvalue weighted by atomic mass is 16.3. The molecule has 0 aliphatic carbocycles. The van der Waals surface area contributed by atoms with Crippen LogP contribution in [0.3, 0.4) is 0 Å². The zero-order valence-electron chi connectivity index (χ0n) is 14.3. The van der Waals surface area contributed by atoms with Gasteiger partial charge in [-0.15, -0.1) is 0 Å². The van der Waals surface area contributed by atoms with Gasteiger partial charge in [0.15, 0.2) is 5.75 Å². The minimum Gasteiger partial charge on any atom is -0.503 e. The Balaban J connectivity index is 3.35. The Labute approximate surface area is 133 Å². The predicted molar refractivity (Wildman–Crippen MR) is 89.2 cm³/mol. The monoisotopic (exact) mass is 310 g/mol. The van der Waals surface area contributed by atoms with Gasteiger partial charge in [-0.25, -0.2) is 0 Å². The molecule has 0 fully saturated rings. The van der Waals surface area contributed by atoms with Crippen LogP contribution in [0.4, 0.5) is 0 Å². The van der Waals surface area contributed by atoms with Gasteiger partial charge in [-0.2, -0.15) is 0 Å². The van der Waals surface area contributed by atoms with Crippen LogP contribution in [-0.4, -0.2) is 32.8 Å². The summed E-state index contributed by atoms with van der Waals surface area (Å²) < 4.78 is 1.93. The van der Waals surface area contributed by atoms with Crippen LogP contribution in [0.25, 0.3) is 0 Å². The number of nitrogens with zero attached hydrogens (tertiary/aromatic N) is 2. The highest BCUT2D eigenvalue weighted by Crippen LogP contribution is 2.23. The fourth-order valence-corrected chi connectivity index (χ4v) is 2.84. The van der Waals surface area contributed by atoms with Crippen LogP contribution in [0.5, 0.6) is 5.75 Å². The molecule has 0 aliphatic heterocycles. The SMILES string of the molecule is CCCN(CCC)Cc1c(O)c(=O)cc(CO)n1C(C)CC. The van der Waals surface area contributed by atoms with E-state index in [0.717, 1.165) is 32.4 Å². The molecule has 0 saturated carbocycles. The Morgan fingerprint density at radius 3 is 2.27 bits per heavy atom. The highest BCUT2D eigenvalue weighted by molar-refractivity contribution is 5.30. The lowest BCUT2D eigenvalue weighted by Gasteiger charge is -2.28.